The second kappa shape index (κ2) is 8.17. The Bertz CT molecular complexity index is 381. The number of hydrogen-bond acceptors (Lipinski definition) is 2. The van der Waals surface area contributed by atoms with Gasteiger partial charge in [-0.15, -0.1) is 0 Å². The molecule has 0 aromatic heterocycles. The molecule has 0 aromatic rings. The van der Waals surface area contributed by atoms with Crippen molar-refractivity contribution in [2.75, 3.05) is 7.11 Å². The molecular formula is C20H38O2. The minimum absolute atomic E-state index is 0.0189. The minimum Gasteiger partial charge on any atom is -0.469 e. The molecule has 0 saturated heterocycles. The normalized spacial score (nSPS) is 18.3. The second-order valence-electron chi connectivity index (χ2n) is 8.50. The van der Waals surface area contributed by atoms with Crippen molar-refractivity contribution in [3.8, 4) is 0 Å². The second-order valence-corrected chi connectivity index (χ2v) is 8.50. The van der Waals surface area contributed by atoms with Gasteiger partial charge in [0, 0.05) is 0 Å². The topological polar surface area (TPSA) is 26.3 Å². The third-order valence-corrected chi connectivity index (χ3v) is 4.96. The van der Waals surface area contributed by atoms with Gasteiger partial charge < -0.3 is 4.74 Å². The number of hydrogen-bond donors (Lipinski definition) is 0. The van der Waals surface area contributed by atoms with E-state index in [1.165, 1.54) is 13.5 Å². The van der Waals surface area contributed by atoms with Gasteiger partial charge in [-0.1, -0.05) is 53.7 Å². The van der Waals surface area contributed by atoms with Crippen LogP contribution in [0.4, 0.5) is 0 Å². The highest BCUT2D eigenvalue weighted by atomic mass is 16.5. The van der Waals surface area contributed by atoms with Crippen molar-refractivity contribution in [2.45, 2.75) is 81.1 Å². The largest absolute Gasteiger partial charge is 0.469 e. The Balaban J connectivity index is 5.23. The highest BCUT2D eigenvalue weighted by Gasteiger charge is 2.36. The maximum absolute atomic E-state index is 12.0. The van der Waals surface area contributed by atoms with Gasteiger partial charge in [0.2, 0.25) is 0 Å². The molecule has 0 aliphatic carbocycles. The number of carbonyl (C=O) groups excluding carboxylic acids is 1. The fourth-order valence-corrected chi connectivity index (χ4v) is 3.33. The summed E-state index contributed by atoms with van der Waals surface area (Å²) in [5, 5.41) is 0. The molecule has 2 atom stereocenters. The van der Waals surface area contributed by atoms with Gasteiger partial charge in [-0.3, -0.25) is 4.79 Å². The van der Waals surface area contributed by atoms with Crippen LogP contribution in [-0.2, 0) is 9.53 Å². The predicted molar refractivity (Wildman–Crippen MR) is 95.8 cm³/mol. The van der Waals surface area contributed by atoms with Crippen molar-refractivity contribution in [1.82, 2.24) is 0 Å². The quantitative estimate of drug-likeness (QED) is 0.385. The number of allylic oxidation sites excluding steroid dienone is 2. The number of rotatable bonds is 9. The Labute approximate surface area is 138 Å². The first-order valence-electron chi connectivity index (χ1n) is 8.72. The zero-order valence-corrected chi connectivity index (χ0v) is 16.4. The summed E-state index contributed by atoms with van der Waals surface area (Å²) in [6.45, 7) is 17.6. The van der Waals surface area contributed by atoms with Crippen LogP contribution in [-0.4, -0.2) is 13.1 Å². The monoisotopic (exact) mass is 310 g/mol. The smallest absolute Gasteiger partial charge is 0.311 e. The molecule has 0 spiro atoms. The van der Waals surface area contributed by atoms with Crippen LogP contribution < -0.4 is 0 Å². The van der Waals surface area contributed by atoms with Crippen LogP contribution in [0, 0.1) is 22.2 Å². The molecule has 0 aliphatic rings. The molecule has 0 aliphatic heterocycles. The van der Waals surface area contributed by atoms with E-state index >= 15 is 0 Å². The summed E-state index contributed by atoms with van der Waals surface area (Å²) in [7, 11) is 1.47. The summed E-state index contributed by atoms with van der Waals surface area (Å²) in [6.07, 6.45) is 8.90. The summed E-state index contributed by atoms with van der Waals surface area (Å²) >= 11 is 0. The first-order chi connectivity index (χ1) is 9.93. The van der Waals surface area contributed by atoms with E-state index in [0.29, 0.717) is 5.92 Å². The lowest BCUT2D eigenvalue weighted by Gasteiger charge is -2.35. The molecular weight excluding hydrogens is 272 g/mol. The molecule has 0 bridgehead atoms. The van der Waals surface area contributed by atoms with Gasteiger partial charge in [0.15, 0.2) is 0 Å². The van der Waals surface area contributed by atoms with Gasteiger partial charge in [0.1, 0.15) is 0 Å². The van der Waals surface area contributed by atoms with Gasteiger partial charge >= 0.3 is 5.97 Å². The molecule has 0 rings (SSSR count). The van der Waals surface area contributed by atoms with Crippen LogP contribution in [0.5, 0.6) is 0 Å². The van der Waals surface area contributed by atoms with Crippen LogP contribution >= 0.6 is 0 Å². The van der Waals surface area contributed by atoms with Crippen molar-refractivity contribution in [1.29, 1.82) is 0 Å². The first kappa shape index (κ1) is 21.2. The fraction of sp³-hybridized carbons (Fsp3) is 0.850. The number of esters is 1. The molecule has 2 nitrogen and oxygen atoms in total. The summed E-state index contributed by atoms with van der Waals surface area (Å²) in [5.74, 6) is 0.565. The molecule has 0 radical (unpaired) electrons. The number of methoxy groups -OCH3 is 1. The highest BCUT2D eigenvalue weighted by Crippen LogP contribution is 2.40. The van der Waals surface area contributed by atoms with Crippen molar-refractivity contribution in [3.63, 3.8) is 0 Å². The van der Waals surface area contributed by atoms with E-state index in [1.54, 1.807) is 0 Å². The van der Waals surface area contributed by atoms with E-state index < -0.39 is 5.41 Å². The highest BCUT2D eigenvalue weighted by molar-refractivity contribution is 5.75. The van der Waals surface area contributed by atoms with Gasteiger partial charge in [0.05, 0.1) is 12.5 Å². The number of ether oxygens (including phenoxy) is 1. The molecule has 130 valence electrons. The van der Waals surface area contributed by atoms with Gasteiger partial charge in [-0.2, -0.15) is 0 Å². The van der Waals surface area contributed by atoms with Crippen molar-refractivity contribution < 1.29 is 9.53 Å². The Morgan fingerprint density at radius 3 is 1.82 bits per heavy atom. The van der Waals surface area contributed by atoms with E-state index in [9.17, 15) is 4.79 Å². The zero-order valence-electron chi connectivity index (χ0n) is 16.4. The van der Waals surface area contributed by atoms with E-state index in [2.05, 4.69) is 53.7 Å². The molecule has 2 heteroatoms. The molecule has 0 N–H and O–H groups in total. The molecule has 2 unspecified atom stereocenters. The van der Waals surface area contributed by atoms with Crippen LogP contribution in [0.3, 0.4) is 0 Å². The van der Waals surface area contributed by atoms with E-state index in [-0.39, 0.29) is 16.8 Å². The standard InChI is InChI=1S/C20H38O2/c1-10-19(7,14-16(3)4)12-13-20(8,11-2)15-18(5,6)17(21)22-9/h12-13,16H,10-11,14-15H2,1-9H3/b13-12-. The Hall–Kier alpha value is -0.790. The lowest BCUT2D eigenvalue weighted by atomic mass is 9.70. The zero-order chi connectivity index (χ0) is 17.6. The summed E-state index contributed by atoms with van der Waals surface area (Å²) in [4.78, 5) is 12.0. The first-order valence-corrected chi connectivity index (χ1v) is 8.72. The predicted octanol–water partition coefficient (Wildman–Crippen LogP) is 6.01. The average Bonchev–Trinajstić information content (AvgIpc) is 2.43. The fourth-order valence-electron chi connectivity index (χ4n) is 3.33. The van der Waals surface area contributed by atoms with Crippen molar-refractivity contribution in [2.24, 2.45) is 22.2 Å². The van der Waals surface area contributed by atoms with Crippen molar-refractivity contribution in [3.05, 3.63) is 12.2 Å². The summed E-state index contributed by atoms with van der Waals surface area (Å²) in [5.41, 5.74) is -0.199. The third kappa shape index (κ3) is 6.54. The Morgan fingerprint density at radius 2 is 1.45 bits per heavy atom. The Morgan fingerprint density at radius 1 is 1.00 bits per heavy atom. The SMILES string of the molecule is CCC(C)(/C=C\C(C)(CC)CC(C)(C)C(=O)OC)CC(C)C. The average molecular weight is 311 g/mol. The van der Waals surface area contributed by atoms with Crippen LogP contribution in [0.2, 0.25) is 0 Å². The molecule has 0 fully saturated rings. The van der Waals surface area contributed by atoms with E-state index in [1.807, 2.05) is 13.8 Å². The van der Waals surface area contributed by atoms with Crippen LogP contribution in [0.1, 0.15) is 81.1 Å². The molecule has 0 saturated carbocycles. The third-order valence-electron chi connectivity index (χ3n) is 4.96. The van der Waals surface area contributed by atoms with Gasteiger partial charge in [-0.25, -0.2) is 0 Å². The van der Waals surface area contributed by atoms with Crippen LogP contribution in [0.25, 0.3) is 0 Å². The van der Waals surface area contributed by atoms with E-state index in [4.69, 9.17) is 4.74 Å². The van der Waals surface area contributed by atoms with Gasteiger partial charge in [-0.05, 0) is 56.3 Å². The summed E-state index contributed by atoms with van der Waals surface area (Å²) < 4.78 is 4.96. The van der Waals surface area contributed by atoms with E-state index in [0.717, 1.165) is 19.3 Å². The minimum atomic E-state index is -0.454. The Kier molecular flexibility index (Phi) is 7.88. The lowest BCUT2D eigenvalue weighted by Crippen LogP contribution is -2.32. The maximum Gasteiger partial charge on any atom is 0.311 e. The van der Waals surface area contributed by atoms with Crippen LogP contribution in [0.15, 0.2) is 12.2 Å². The molecule has 0 heterocycles. The molecule has 0 amide bonds. The molecule has 0 aromatic carbocycles. The number of carbonyl (C=O) groups is 1. The summed E-state index contributed by atoms with van der Waals surface area (Å²) in [6, 6.07) is 0. The maximum atomic E-state index is 12.0. The van der Waals surface area contributed by atoms with Gasteiger partial charge in [0.25, 0.3) is 0 Å². The lowest BCUT2D eigenvalue weighted by molar-refractivity contribution is -0.152. The van der Waals surface area contributed by atoms with Crippen molar-refractivity contribution >= 4 is 5.97 Å². The molecule has 22 heavy (non-hydrogen) atoms.